The van der Waals surface area contributed by atoms with Crippen molar-refractivity contribution < 1.29 is 4.79 Å². The van der Waals surface area contributed by atoms with E-state index in [0.29, 0.717) is 6.04 Å². The maximum absolute atomic E-state index is 11.1. The van der Waals surface area contributed by atoms with Gasteiger partial charge < -0.3 is 10.6 Å². The molecule has 0 bridgehead atoms. The van der Waals surface area contributed by atoms with Crippen molar-refractivity contribution in [2.45, 2.75) is 6.04 Å². The minimum absolute atomic E-state index is 0.209. The zero-order chi connectivity index (χ0) is 9.97. The van der Waals surface area contributed by atoms with E-state index in [-0.39, 0.29) is 5.91 Å². The Hall–Kier alpha value is -1.62. The predicted molar refractivity (Wildman–Crippen MR) is 53.0 cm³/mol. The summed E-state index contributed by atoms with van der Waals surface area (Å²) in [5.41, 5.74) is 0. The summed E-state index contributed by atoms with van der Waals surface area (Å²) in [5.74, 6) is 0.514. The summed E-state index contributed by atoms with van der Waals surface area (Å²) in [6, 6.07) is 2.13. The second kappa shape index (κ2) is 3.63. The Morgan fingerprint density at radius 1 is 1.79 bits per heavy atom. The minimum Gasteiger partial charge on any atom is -0.312 e. The Morgan fingerprint density at radius 2 is 2.57 bits per heavy atom. The maximum atomic E-state index is 11.1. The van der Waals surface area contributed by atoms with Crippen molar-refractivity contribution in [1.82, 2.24) is 15.1 Å². The Kier molecular flexibility index (Phi) is 2.32. The normalized spacial score (nSPS) is 16.0. The van der Waals surface area contributed by atoms with Crippen LogP contribution in [0.2, 0.25) is 0 Å². The van der Waals surface area contributed by atoms with Gasteiger partial charge in [0.05, 0.1) is 12.2 Å². The van der Waals surface area contributed by atoms with Crippen LogP contribution in [0.25, 0.3) is 0 Å². The summed E-state index contributed by atoms with van der Waals surface area (Å²) in [5, 5.41) is 10.0. The smallest absolute Gasteiger partial charge is 0.248 e. The fourth-order valence-electron chi connectivity index (χ4n) is 1.33. The van der Waals surface area contributed by atoms with Crippen LogP contribution in [0, 0.1) is 0 Å². The van der Waals surface area contributed by atoms with Gasteiger partial charge in [-0.2, -0.15) is 5.10 Å². The van der Waals surface area contributed by atoms with E-state index in [1.807, 2.05) is 4.68 Å². The van der Waals surface area contributed by atoms with Crippen LogP contribution in [0.15, 0.2) is 24.9 Å². The zero-order valence-electron chi connectivity index (χ0n) is 7.73. The van der Waals surface area contributed by atoms with Gasteiger partial charge in [-0.1, -0.05) is 6.58 Å². The average molecular weight is 192 g/mol. The molecule has 0 aromatic carbocycles. The van der Waals surface area contributed by atoms with Gasteiger partial charge in [0, 0.05) is 19.2 Å². The summed E-state index contributed by atoms with van der Waals surface area (Å²) in [6.45, 7) is 5.20. The average Bonchev–Trinajstić information content (AvgIpc) is 2.50. The highest BCUT2D eigenvalue weighted by molar-refractivity contribution is 5.98. The predicted octanol–water partition coefficient (Wildman–Crippen LogP) is 0.152. The maximum Gasteiger partial charge on any atom is 0.248 e. The van der Waals surface area contributed by atoms with E-state index in [4.69, 9.17) is 0 Å². The van der Waals surface area contributed by atoms with Gasteiger partial charge in [-0.15, -0.1) is 0 Å². The van der Waals surface area contributed by atoms with Gasteiger partial charge in [0.25, 0.3) is 0 Å². The highest BCUT2D eigenvalue weighted by Gasteiger charge is 2.21. The molecule has 1 saturated heterocycles. The summed E-state index contributed by atoms with van der Waals surface area (Å²) in [7, 11) is 0. The number of aromatic nitrogens is 2. The number of hydrogen-bond donors (Lipinski definition) is 2. The summed E-state index contributed by atoms with van der Waals surface area (Å²) in [4.78, 5) is 11.1. The van der Waals surface area contributed by atoms with Crippen molar-refractivity contribution in [2.24, 2.45) is 0 Å². The Morgan fingerprint density at radius 3 is 3.14 bits per heavy atom. The quantitative estimate of drug-likeness (QED) is 0.670. The molecule has 2 rings (SSSR count). The van der Waals surface area contributed by atoms with Crippen LogP contribution in [0.5, 0.6) is 0 Å². The first-order valence-electron chi connectivity index (χ1n) is 4.49. The van der Waals surface area contributed by atoms with E-state index < -0.39 is 0 Å². The third kappa shape index (κ3) is 1.54. The van der Waals surface area contributed by atoms with Crippen LogP contribution in [0.1, 0.15) is 6.04 Å². The van der Waals surface area contributed by atoms with Crippen molar-refractivity contribution in [3.63, 3.8) is 0 Å². The molecule has 1 aromatic heterocycles. The molecule has 2 heterocycles. The van der Waals surface area contributed by atoms with Crippen LogP contribution in [-0.4, -0.2) is 28.8 Å². The highest BCUT2D eigenvalue weighted by Crippen LogP contribution is 2.17. The van der Waals surface area contributed by atoms with Crippen LogP contribution in [-0.2, 0) is 4.79 Å². The number of nitrogens with one attached hydrogen (secondary N) is 2. The van der Waals surface area contributed by atoms with Gasteiger partial charge in [-0.25, -0.2) is 4.68 Å². The molecule has 74 valence electrons. The molecule has 0 unspecified atom stereocenters. The van der Waals surface area contributed by atoms with Crippen molar-refractivity contribution in [3.8, 4) is 0 Å². The van der Waals surface area contributed by atoms with Crippen LogP contribution >= 0.6 is 0 Å². The van der Waals surface area contributed by atoms with Gasteiger partial charge >= 0.3 is 0 Å². The van der Waals surface area contributed by atoms with E-state index in [1.165, 1.54) is 6.08 Å². The molecule has 0 saturated carbocycles. The van der Waals surface area contributed by atoms with Gasteiger partial charge in [-0.05, 0) is 6.08 Å². The topological polar surface area (TPSA) is 59.0 Å². The molecular formula is C9H12N4O. The van der Waals surface area contributed by atoms with Crippen LogP contribution in [0.3, 0.4) is 0 Å². The lowest BCUT2D eigenvalue weighted by Crippen LogP contribution is -2.44. The molecule has 1 fully saturated rings. The highest BCUT2D eigenvalue weighted by atomic mass is 16.1. The fraction of sp³-hybridized carbons (Fsp3) is 0.333. The molecule has 1 aliphatic heterocycles. The number of carbonyl (C=O) groups is 1. The van der Waals surface area contributed by atoms with E-state index >= 15 is 0 Å². The molecule has 14 heavy (non-hydrogen) atoms. The molecule has 1 amide bonds. The summed E-state index contributed by atoms with van der Waals surface area (Å²) >= 11 is 0. The Bertz CT molecular complexity index is 353. The van der Waals surface area contributed by atoms with E-state index in [0.717, 1.165) is 18.9 Å². The first-order valence-corrected chi connectivity index (χ1v) is 4.49. The second-order valence-corrected chi connectivity index (χ2v) is 3.17. The molecule has 2 N–H and O–H groups in total. The third-order valence-corrected chi connectivity index (χ3v) is 2.21. The van der Waals surface area contributed by atoms with Crippen molar-refractivity contribution in [1.29, 1.82) is 0 Å². The largest absolute Gasteiger partial charge is 0.312 e. The second-order valence-electron chi connectivity index (χ2n) is 3.17. The van der Waals surface area contributed by atoms with E-state index in [1.54, 1.807) is 12.3 Å². The molecule has 0 spiro atoms. The number of carbonyl (C=O) groups excluding carboxylic acids is 1. The molecule has 1 aliphatic rings. The van der Waals surface area contributed by atoms with Crippen molar-refractivity contribution in [3.05, 3.63) is 24.9 Å². The fourth-order valence-corrected chi connectivity index (χ4v) is 1.33. The molecule has 5 heteroatoms. The number of anilines is 1. The zero-order valence-corrected chi connectivity index (χ0v) is 7.73. The van der Waals surface area contributed by atoms with Gasteiger partial charge in [-0.3, -0.25) is 4.79 Å². The number of hydrogen-bond acceptors (Lipinski definition) is 3. The lowest BCUT2D eigenvalue weighted by atomic mass is 10.2. The van der Waals surface area contributed by atoms with Crippen molar-refractivity contribution in [2.75, 3.05) is 18.4 Å². The van der Waals surface area contributed by atoms with Crippen LogP contribution < -0.4 is 10.6 Å². The molecule has 0 radical (unpaired) electrons. The van der Waals surface area contributed by atoms with Gasteiger partial charge in [0.1, 0.15) is 5.82 Å². The lowest BCUT2D eigenvalue weighted by Gasteiger charge is -2.28. The number of amides is 1. The van der Waals surface area contributed by atoms with Gasteiger partial charge in [0.2, 0.25) is 5.91 Å². The van der Waals surface area contributed by atoms with E-state index in [9.17, 15) is 4.79 Å². The summed E-state index contributed by atoms with van der Waals surface area (Å²) in [6.07, 6.45) is 2.92. The molecule has 1 aromatic rings. The number of rotatable bonds is 3. The van der Waals surface area contributed by atoms with Crippen molar-refractivity contribution >= 4 is 11.7 Å². The minimum atomic E-state index is -0.209. The molecule has 5 nitrogen and oxygen atoms in total. The first kappa shape index (κ1) is 8.96. The standard InChI is InChI=1S/C9H12N4O/c1-2-9(14)12-8-3-4-11-13(8)7-5-10-6-7/h2-4,7,10H,1,5-6H2,(H,12,14). The third-order valence-electron chi connectivity index (χ3n) is 2.21. The molecular weight excluding hydrogens is 180 g/mol. The lowest BCUT2D eigenvalue weighted by molar-refractivity contribution is -0.111. The Labute approximate surface area is 81.8 Å². The SMILES string of the molecule is C=CC(=O)Nc1ccnn1C1CNC1. The molecule has 0 atom stereocenters. The first-order chi connectivity index (χ1) is 6.81. The Balaban J connectivity index is 2.12. The van der Waals surface area contributed by atoms with E-state index in [2.05, 4.69) is 22.3 Å². The van der Waals surface area contributed by atoms with Gasteiger partial charge in [0.15, 0.2) is 0 Å². The molecule has 0 aliphatic carbocycles. The number of nitrogens with zero attached hydrogens (tertiary/aromatic N) is 2. The van der Waals surface area contributed by atoms with Crippen LogP contribution in [0.4, 0.5) is 5.82 Å². The summed E-state index contributed by atoms with van der Waals surface area (Å²) < 4.78 is 1.82. The monoisotopic (exact) mass is 192 g/mol.